The molecule has 0 fully saturated rings. The molecule has 0 bridgehead atoms. The Hall–Kier alpha value is -1.87. The minimum atomic E-state index is -0.0987. The number of aromatic nitrogens is 2. The molecule has 1 heterocycles. The second kappa shape index (κ2) is 8.27. The highest BCUT2D eigenvalue weighted by molar-refractivity contribution is 5.75. The van der Waals surface area contributed by atoms with Crippen molar-refractivity contribution in [2.75, 3.05) is 13.1 Å². The van der Waals surface area contributed by atoms with Crippen LogP contribution >= 0.6 is 0 Å². The Morgan fingerprint density at radius 3 is 3.05 bits per heavy atom. The van der Waals surface area contributed by atoms with E-state index in [1.165, 1.54) is 0 Å². The van der Waals surface area contributed by atoms with Crippen LogP contribution in [-0.4, -0.2) is 28.5 Å². The van der Waals surface area contributed by atoms with Crippen molar-refractivity contribution in [2.45, 2.75) is 33.4 Å². The van der Waals surface area contributed by atoms with Crippen LogP contribution < -0.4 is 10.6 Å². The normalized spacial score (nSPS) is 10.4. The van der Waals surface area contributed by atoms with Gasteiger partial charge in [-0.25, -0.2) is 4.98 Å². The summed E-state index contributed by atoms with van der Waals surface area (Å²) in [6.45, 7) is 6.48. The molecule has 0 radical (unpaired) electrons. The van der Waals surface area contributed by atoms with Crippen molar-refractivity contribution < 1.29 is 4.79 Å². The van der Waals surface area contributed by atoms with Gasteiger partial charge >= 0.3 is 0 Å². The number of imidazole rings is 1. The van der Waals surface area contributed by atoms with Crippen LogP contribution in [0.15, 0.2) is 12.4 Å². The first-order valence-electron chi connectivity index (χ1n) is 6.48. The molecule has 6 heteroatoms. The lowest BCUT2D eigenvalue weighted by molar-refractivity contribution is -0.121. The van der Waals surface area contributed by atoms with Gasteiger partial charge in [-0.2, -0.15) is 5.26 Å². The lowest BCUT2D eigenvalue weighted by atomic mass is 10.2. The summed E-state index contributed by atoms with van der Waals surface area (Å²) in [6.07, 6.45) is 3.81. The molecule has 2 N–H and O–H groups in total. The molecular formula is C13H21N5O. The number of amides is 1. The van der Waals surface area contributed by atoms with Crippen molar-refractivity contribution in [3.05, 3.63) is 18.2 Å². The molecule has 0 aliphatic carbocycles. The van der Waals surface area contributed by atoms with Gasteiger partial charge in [0.1, 0.15) is 12.4 Å². The van der Waals surface area contributed by atoms with Crippen molar-refractivity contribution in [3.8, 4) is 6.07 Å². The molecule has 0 aromatic carbocycles. The third kappa shape index (κ3) is 6.02. The molecule has 0 unspecified atom stereocenters. The molecular weight excluding hydrogens is 242 g/mol. The first-order chi connectivity index (χ1) is 9.13. The summed E-state index contributed by atoms with van der Waals surface area (Å²) < 4.78 is 1.81. The van der Waals surface area contributed by atoms with Crippen molar-refractivity contribution >= 4 is 5.91 Å². The summed E-state index contributed by atoms with van der Waals surface area (Å²) in [7, 11) is 0. The SMILES string of the molecule is CC(C)CNCc1nccn1CC(=O)NCCC#N. The molecule has 1 aromatic rings. The molecule has 0 aliphatic heterocycles. The number of carbonyl (C=O) groups is 1. The van der Waals surface area contributed by atoms with Gasteiger partial charge < -0.3 is 15.2 Å². The van der Waals surface area contributed by atoms with Crippen molar-refractivity contribution in [3.63, 3.8) is 0 Å². The summed E-state index contributed by atoms with van der Waals surface area (Å²) >= 11 is 0. The fourth-order valence-electron chi connectivity index (χ4n) is 1.59. The maximum absolute atomic E-state index is 11.6. The van der Waals surface area contributed by atoms with Crippen LogP contribution in [0.1, 0.15) is 26.1 Å². The van der Waals surface area contributed by atoms with E-state index in [0.717, 1.165) is 12.4 Å². The van der Waals surface area contributed by atoms with Crippen LogP contribution in [-0.2, 0) is 17.9 Å². The predicted octanol–water partition coefficient (Wildman–Crippen LogP) is 0.659. The first kappa shape index (κ1) is 15.2. The molecule has 1 aromatic heterocycles. The zero-order chi connectivity index (χ0) is 14.1. The average molecular weight is 263 g/mol. The molecule has 0 aliphatic rings. The van der Waals surface area contributed by atoms with Crippen molar-refractivity contribution in [1.29, 1.82) is 5.26 Å². The van der Waals surface area contributed by atoms with Crippen LogP contribution in [0.5, 0.6) is 0 Å². The Labute approximate surface area is 113 Å². The molecule has 0 saturated carbocycles. The van der Waals surface area contributed by atoms with E-state index in [9.17, 15) is 4.79 Å². The van der Waals surface area contributed by atoms with Gasteiger partial charge in [0.05, 0.1) is 19.0 Å². The van der Waals surface area contributed by atoms with Crippen molar-refractivity contribution in [2.24, 2.45) is 5.92 Å². The lowest BCUT2D eigenvalue weighted by Gasteiger charge is -2.10. The second-order valence-electron chi connectivity index (χ2n) is 4.75. The number of carbonyl (C=O) groups excluding carboxylic acids is 1. The van der Waals surface area contributed by atoms with Gasteiger partial charge in [-0.1, -0.05) is 13.8 Å². The Kier molecular flexibility index (Phi) is 6.61. The monoisotopic (exact) mass is 263 g/mol. The largest absolute Gasteiger partial charge is 0.354 e. The molecule has 6 nitrogen and oxygen atoms in total. The quantitative estimate of drug-likeness (QED) is 0.675. The number of nitrogens with zero attached hydrogens (tertiary/aromatic N) is 3. The van der Waals surface area contributed by atoms with Gasteiger partial charge in [-0.05, 0) is 12.5 Å². The number of hydrogen-bond acceptors (Lipinski definition) is 4. The van der Waals surface area contributed by atoms with Gasteiger partial charge in [-0.15, -0.1) is 0 Å². The Bertz CT molecular complexity index is 432. The molecule has 19 heavy (non-hydrogen) atoms. The molecule has 104 valence electrons. The van der Waals surface area contributed by atoms with Crippen LogP contribution in [0.4, 0.5) is 0 Å². The summed E-state index contributed by atoms with van der Waals surface area (Å²) in [6, 6.07) is 1.99. The fraction of sp³-hybridized carbons (Fsp3) is 0.615. The van der Waals surface area contributed by atoms with Gasteiger partial charge in [0.15, 0.2) is 0 Å². The minimum Gasteiger partial charge on any atom is -0.354 e. The molecule has 1 rings (SSSR count). The maximum Gasteiger partial charge on any atom is 0.240 e. The summed E-state index contributed by atoms with van der Waals surface area (Å²) in [5, 5.41) is 14.4. The fourth-order valence-corrected chi connectivity index (χ4v) is 1.59. The maximum atomic E-state index is 11.6. The summed E-state index contributed by atoms with van der Waals surface area (Å²) in [4.78, 5) is 15.9. The lowest BCUT2D eigenvalue weighted by Crippen LogP contribution is -2.29. The molecule has 0 atom stereocenters. The van der Waals surface area contributed by atoms with Gasteiger partial charge in [0.2, 0.25) is 5.91 Å². The van der Waals surface area contributed by atoms with E-state index in [1.807, 2.05) is 10.6 Å². The highest BCUT2D eigenvalue weighted by Gasteiger charge is 2.07. The first-order valence-corrected chi connectivity index (χ1v) is 6.48. The number of rotatable bonds is 8. The third-order valence-corrected chi connectivity index (χ3v) is 2.51. The molecule has 1 amide bonds. The van der Waals surface area contributed by atoms with E-state index in [0.29, 0.717) is 25.4 Å². The van der Waals surface area contributed by atoms with E-state index in [4.69, 9.17) is 5.26 Å². The Morgan fingerprint density at radius 2 is 2.37 bits per heavy atom. The van der Waals surface area contributed by atoms with Gasteiger partial charge in [0.25, 0.3) is 0 Å². The molecule has 0 saturated heterocycles. The smallest absolute Gasteiger partial charge is 0.240 e. The van der Waals surface area contributed by atoms with E-state index < -0.39 is 0 Å². The summed E-state index contributed by atoms with van der Waals surface area (Å²) in [5.74, 6) is 1.33. The van der Waals surface area contributed by atoms with E-state index in [1.54, 1.807) is 12.4 Å². The highest BCUT2D eigenvalue weighted by atomic mass is 16.1. The second-order valence-corrected chi connectivity index (χ2v) is 4.75. The Balaban J connectivity index is 2.39. The van der Waals surface area contributed by atoms with E-state index >= 15 is 0 Å². The predicted molar refractivity (Wildman–Crippen MR) is 72.0 cm³/mol. The summed E-state index contributed by atoms with van der Waals surface area (Å²) in [5.41, 5.74) is 0. The highest BCUT2D eigenvalue weighted by Crippen LogP contribution is 1.98. The van der Waals surface area contributed by atoms with Gasteiger partial charge in [-0.3, -0.25) is 4.79 Å². The molecule has 0 spiro atoms. The van der Waals surface area contributed by atoms with Crippen LogP contribution in [0, 0.1) is 17.2 Å². The van der Waals surface area contributed by atoms with Crippen molar-refractivity contribution in [1.82, 2.24) is 20.2 Å². The average Bonchev–Trinajstić information content (AvgIpc) is 2.76. The zero-order valence-corrected chi connectivity index (χ0v) is 11.5. The standard InChI is InChI=1S/C13H21N5O/c1-11(2)8-15-9-12-16-6-7-18(12)10-13(19)17-5-3-4-14/h6-7,11,15H,3,5,8-10H2,1-2H3,(H,17,19). The Morgan fingerprint density at radius 1 is 1.58 bits per heavy atom. The van der Waals surface area contributed by atoms with Crippen LogP contribution in [0.3, 0.4) is 0 Å². The number of hydrogen-bond donors (Lipinski definition) is 2. The van der Waals surface area contributed by atoms with Gasteiger partial charge in [0, 0.05) is 18.9 Å². The minimum absolute atomic E-state index is 0.0987. The van der Waals surface area contributed by atoms with Crippen LogP contribution in [0.25, 0.3) is 0 Å². The third-order valence-electron chi connectivity index (χ3n) is 2.51. The van der Waals surface area contributed by atoms with E-state index in [2.05, 4.69) is 29.5 Å². The topological polar surface area (TPSA) is 82.7 Å². The zero-order valence-electron chi connectivity index (χ0n) is 11.5. The number of nitrogens with one attached hydrogen (secondary N) is 2. The van der Waals surface area contributed by atoms with E-state index in [-0.39, 0.29) is 12.5 Å². The van der Waals surface area contributed by atoms with Crippen LogP contribution in [0.2, 0.25) is 0 Å². The number of nitriles is 1.